The van der Waals surface area contributed by atoms with E-state index < -0.39 is 22.7 Å². The SMILES string of the molecule is CC1=CC(=O)CC(C)(C)[C@@]1(O)CC(=O)/C(C)=C/C=C/C(C)=C/C=C/C=C(C)/C=C/C=C(\C)C=C1C(C)(C)C[C@H](O)C[C@@]1(C)O. The molecule has 44 heavy (non-hydrogen) atoms. The zero-order valence-corrected chi connectivity index (χ0v) is 28.5. The molecule has 5 heteroatoms. The Kier molecular flexibility index (Phi) is 12.4. The average molecular weight is 603 g/mol. The Labute approximate surface area is 265 Å². The second-order valence-corrected chi connectivity index (χ2v) is 14.3. The van der Waals surface area contributed by atoms with Gasteiger partial charge < -0.3 is 15.3 Å². The van der Waals surface area contributed by atoms with E-state index in [1.807, 2.05) is 95.4 Å². The molecule has 0 aromatic carbocycles. The molecule has 240 valence electrons. The fourth-order valence-electron chi connectivity index (χ4n) is 6.29. The van der Waals surface area contributed by atoms with Gasteiger partial charge in [-0.15, -0.1) is 0 Å². The van der Waals surface area contributed by atoms with Crippen LogP contribution in [-0.4, -0.2) is 44.2 Å². The van der Waals surface area contributed by atoms with Gasteiger partial charge in [0.2, 0.25) is 0 Å². The van der Waals surface area contributed by atoms with E-state index in [1.165, 1.54) is 6.08 Å². The standard InChI is InChI=1S/C39H54O5/c1-27(17-13-19-29(3)21-35-36(6,7)23-33(41)25-38(35,10)43)15-11-12-16-28(2)18-14-20-30(4)34(42)26-39(44)31(5)22-32(40)24-37(39,8)9/h11-22,33,41,43-44H,23-26H2,1-10H3/b12-11+,17-13+,18-14+,27-15+,28-16+,29-19+,30-20+,35-21?/t33-,38+,39+/m0/s1. The van der Waals surface area contributed by atoms with E-state index in [1.54, 1.807) is 26.8 Å². The minimum Gasteiger partial charge on any atom is -0.393 e. The smallest absolute Gasteiger partial charge is 0.161 e. The number of carbonyl (C=O) groups excluding carboxylic acids is 2. The average Bonchev–Trinajstić information content (AvgIpc) is 2.86. The number of ketones is 2. The number of hydrogen-bond acceptors (Lipinski definition) is 5. The van der Waals surface area contributed by atoms with Gasteiger partial charge in [0.15, 0.2) is 11.6 Å². The summed E-state index contributed by atoms with van der Waals surface area (Å²) in [5.74, 6) is -0.165. The van der Waals surface area contributed by atoms with Gasteiger partial charge in [0.25, 0.3) is 0 Å². The highest BCUT2D eigenvalue weighted by Crippen LogP contribution is 2.47. The topological polar surface area (TPSA) is 94.8 Å². The van der Waals surface area contributed by atoms with E-state index in [0.717, 1.165) is 22.3 Å². The Morgan fingerprint density at radius 3 is 1.89 bits per heavy atom. The quantitative estimate of drug-likeness (QED) is 0.174. The lowest BCUT2D eigenvalue weighted by Crippen LogP contribution is -2.50. The molecule has 1 saturated carbocycles. The Hall–Kier alpha value is -3.12. The normalized spacial score (nSPS) is 29.8. The van der Waals surface area contributed by atoms with Crippen molar-refractivity contribution >= 4 is 11.6 Å². The van der Waals surface area contributed by atoms with Crippen LogP contribution in [0.3, 0.4) is 0 Å². The number of carbonyl (C=O) groups is 2. The number of Topliss-reactive ketones (excluding diaryl/α,β-unsaturated/α-hetero) is 1. The van der Waals surface area contributed by atoms with Crippen LogP contribution in [0.25, 0.3) is 0 Å². The number of hydrogen-bond donors (Lipinski definition) is 3. The lowest BCUT2D eigenvalue weighted by Gasteiger charge is -2.45. The lowest BCUT2D eigenvalue weighted by molar-refractivity contribution is -0.132. The molecule has 0 spiro atoms. The largest absolute Gasteiger partial charge is 0.393 e. The number of rotatable bonds is 10. The van der Waals surface area contributed by atoms with E-state index in [-0.39, 0.29) is 29.8 Å². The fraction of sp³-hybridized carbons (Fsp3) is 0.487. The van der Waals surface area contributed by atoms with Crippen LogP contribution in [0.15, 0.2) is 106 Å². The van der Waals surface area contributed by atoms with Gasteiger partial charge in [-0.25, -0.2) is 0 Å². The first-order chi connectivity index (χ1) is 20.2. The van der Waals surface area contributed by atoms with Crippen molar-refractivity contribution in [2.24, 2.45) is 10.8 Å². The summed E-state index contributed by atoms with van der Waals surface area (Å²) in [7, 11) is 0. The summed E-state index contributed by atoms with van der Waals surface area (Å²) >= 11 is 0. The lowest BCUT2D eigenvalue weighted by atomic mass is 9.62. The van der Waals surface area contributed by atoms with Crippen molar-refractivity contribution in [2.45, 2.75) is 112 Å². The molecule has 2 rings (SSSR count). The molecule has 0 aromatic rings. The molecule has 2 aliphatic rings. The highest BCUT2D eigenvalue weighted by molar-refractivity contribution is 5.97. The molecule has 3 N–H and O–H groups in total. The van der Waals surface area contributed by atoms with Gasteiger partial charge in [0.1, 0.15) is 0 Å². The monoisotopic (exact) mass is 602 g/mol. The van der Waals surface area contributed by atoms with Crippen LogP contribution in [0, 0.1) is 10.8 Å². The highest BCUT2D eigenvalue weighted by atomic mass is 16.3. The molecule has 1 fully saturated rings. The predicted molar refractivity (Wildman–Crippen MR) is 182 cm³/mol. The van der Waals surface area contributed by atoms with Gasteiger partial charge in [-0.1, -0.05) is 111 Å². The van der Waals surface area contributed by atoms with Gasteiger partial charge in [-0.2, -0.15) is 0 Å². The first kappa shape index (κ1) is 37.1. The van der Waals surface area contributed by atoms with Crippen molar-refractivity contribution in [2.75, 3.05) is 0 Å². The molecular formula is C39H54O5. The number of allylic oxidation sites excluding steroid dienone is 16. The van der Waals surface area contributed by atoms with Crippen LogP contribution >= 0.6 is 0 Å². The molecule has 0 radical (unpaired) electrons. The van der Waals surface area contributed by atoms with Crippen LogP contribution in [0.5, 0.6) is 0 Å². The molecule has 0 aromatic heterocycles. The maximum Gasteiger partial charge on any atom is 0.161 e. The Morgan fingerprint density at radius 2 is 1.36 bits per heavy atom. The molecule has 3 atom stereocenters. The summed E-state index contributed by atoms with van der Waals surface area (Å²) in [6, 6.07) is 0. The van der Waals surface area contributed by atoms with Crippen LogP contribution in [0.4, 0.5) is 0 Å². The van der Waals surface area contributed by atoms with Gasteiger partial charge in [0, 0.05) is 24.7 Å². The maximum atomic E-state index is 12.9. The Bertz CT molecular complexity index is 1360. The first-order valence-electron chi connectivity index (χ1n) is 15.5. The van der Waals surface area contributed by atoms with Gasteiger partial charge in [-0.3, -0.25) is 9.59 Å². The molecular weight excluding hydrogens is 548 g/mol. The second-order valence-electron chi connectivity index (χ2n) is 14.3. The summed E-state index contributed by atoms with van der Waals surface area (Å²) in [4.78, 5) is 24.9. The van der Waals surface area contributed by atoms with Crippen molar-refractivity contribution < 1.29 is 24.9 Å². The van der Waals surface area contributed by atoms with E-state index >= 15 is 0 Å². The summed E-state index contributed by atoms with van der Waals surface area (Å²) < 4.78 is 0. The maximum absolute atomic E-state index is 12.9. The van der Waals surface area contributed by atoms with Crippen LogP contribution < -0.4 is 0 Å². The third-order valence-corrected chi connectivity index (χ3v) is 8.94. The van der Waals surface area contributed by atoms with E-state index in [9.17, 15) is 24.9 Å². The molecule has 0 bridgehead atoms. The van der Waals surface area contributed by atoms with Crippen molar-refractivity contribution in [1.82, 2.24) is 0 Å². The third kappa shape index (κ3) is 9.95. The molecule has 2 aliphatic carbocycles. The summed E-state index contributed by atoms with van der Waals surface area (Å²) in [6.45, 7) is 19.1. The highest BCUT2D eigenvalue weighted by Gasteiger charge is 2.49. The van der Waals surface area contributed by atoms with Crippen molar-refractivity contribution in [3.05, 3.63) is 106 Å². The van der Waals surface area contributed by atoms with Crippen LogP contribution in [-0.2, 0) is 9.59 Å². The fourth-order valence-corrected chi connectivity index (χ4v) is 6.29. The zero-order valence-electron chi connectivity index (χ0n) is 28.5. The predicted octanol–water partition coefficient (Wildman–Crippen LogP) is 7.93. The Balaban J connectivity index is 1.98. The van der Waals surface area contributed by atoms with Crippen molar-refractivity contribution in [1.29, 1.82) is 0 Å². The van der Waals surface area contributed by atoms with Crippen molar-refractivity contribution in [3.63, 3.8) is 0 Å². The third-order valence-electron chi connectivity index (χ3n) is 8.94. The van der Waals surface area contributed by atoms with E-state index in [2.05, 4.69) is 13.8 Å². The van der Waals surface area contributed by atoms with Gasteiger partial charge >= 0.3 is 0 Å². The summed E-state index contributed by atoms with van der Waals surface area (Å²) in [5.41, 5.74) is 1.84. The zero-order chi connectivity index (χ0) is 33.5. The minimum atomic E-state index is -1.34. The Morgan fingerprint density at radius 1 is 0.841 bits per heavy atom. The second kappa shape index (κ2) is 14.8. The van der Waals surface area contributed by atoms with Crippen LogP contribution in [0.1, 0.15) is 94.9 Å². The van der Waals surface area contributed by atoms with Gasteiger partial charge in [-0.05, 0) is 76.2 Å². The van der Waals surface area contributed by atoms with E-state index in [4.69, 9.17) is 0 Å². The van der Waals surface area contributed by atoms with Crippen LogP contribution in [0.2, 0.25) is 0 Å². The molecule has 5 nitrogen and oxygen atoms in total. The molecule has 0 unspecified atom stereocenters. The molecule has 0 heterocycles. The first-order valence-corrected chi connectivity index (χ1v) is 15.5. The molecule has 0 saturated heterocycles. The summed E-state index contributed by atoms with van der Waals surface area (Å²) in [5, 5.41) is 32.4. The van der Waals surface area contributed by atoms with E-state index in [0.29, 0.717) is 24.0 Å². The number of aliphatic hydroxyl groups is 3. The van der Waals surface area contributed by atoms with Crippen molar-refractivity contribution in [3.8, 4) is 0 Å². The number of aliphatic hydroxyl groups excluding tert-OH is 1. The summed E-state index contributed by atoms with van der Waals surface area (Å²) in [6.07, 6.45) is 23.7. The molecule has 0 aliphatic heterocycles. The van der Waals surface area contributed by atoms with Gasteiger partial charge in [0.05, 0.1) is 17.3 Å². The minimum absolute atomic E-state index is 0.0204. The molecule has 0 amide bonds.